The standard InChI is InChI=1S/C15H30N2O/c1-4-6-9-13(8-5-2)17-15(18)14-10-7-11-16-12(14)3/h12-14,16H,4-11H2,1-3H3,(H,17,18). The van der Waals surface area contributed by atoms with E-state index in [0.717, 1.165) is 38.6 Å². The molecule has 0 bridgehead atoms. The van der Waals surface area contributed by atoms with E-state index in [2.05, 4.69) is 31.4 Å². The predicted molar refractivity (Wildman–Crippen MR) is 76.6 cm³/mol. The summed E-state index contributed by atoms with van der Waals surface area (Å²) in [7, 11) is 0. The first-order valence-corrected chi connectivity index (χ1v) is 7.72. The molecule has 1 aliphatic heterocycles. The molecule has 3 nitrogen and oxygen atoms in total. The van der Waals surface area contributed by atoms with Crippen LogP contribution in [0.2, 0.25) is 0 Å². The minimum atomic E-state index is 0.166. The smallest absolute Gasteiger partial charge is 0.224 e. The van der Waals surface area contributed by atoms with E-state index in [9.17, 15) is 4.79 Å². The molecule has 3 unspecified atom stereocenters. The Labute approximate surface area is 112 Å². The molecule has 0 radical (unpaired) electrons. The highest BCUT2D eigenvalue weighted by Crippen LogP contribution is 2.17. The number of piperidine rings is 1. The molecule has 1 rings (SSSR count). The fourth-order valence-corrected chi connectivity index (χ4v) is 2.80. The second-order valence-electron chi connectivity index (χ2n) is 5.63. The number of carbonyl (C=O) groups is 1. The van der Waals surface area contributed by atoms with Gasteiger partial charge in [0.15, 0.2) is 0 Å². The van der Waals surface area contributed by atoms with E-state index in [1.165, 1.54) is 12.8 Å². The number of carbonyl (C=O) groups excluding carboxylic acids is 1. The molecule has 106 valence electrons. The van der Waals surface area contributed by atoms with Crippen LogP contribution in [0, 0.1) is 5.92 Å². The molecule has 1 amide bonds. The van der Waals surface area contributed by atoms with Gasteiger partial charge in [-0.3, -0.25) is 4.79 Å². The van der Waals surface area contributed by atoms with Crippen molar-refractivity contribution in [1.29, 1.82) is 0 Å². The van der Waals surface area contributed by atoms with Crippen molar-refractivity contribution in [2.24, 2.45) is 5.92 Å². The molecular formula is C15H30N2O. The molecule has 3 heteroatoms. The van der Waals surface area contributed by atoms with Gasteiger partial charge in [0.2, 0.25) is 5.91 Å². The van der Waals surface area contributed by atoms with Crippen molar-refractivity contribution >= 4 is 5.91 Å². The third-order valence-corrected chi connectivity index (χ3v) is 3.99. The number of nitrogens with one attached hydrogen (secondary N) is 2. The molecule has 0 saturated carbocycles. The van der Waals surface area contributed by atoms with Crippen LogP contribution < -0.4 is 10.6 Å². The van der Waals surface area contributed by atoms with Crippen LogP contribution in [0.4, 0.5) is 0 Å². The van der Waals surface area contributed by atoms with E-state index in [-0.39, 0.29) is 11.8 Å². The van der Waals surface area contributed by atoms with Crippen molar-refractivity contribution in [2.45, 2.75) is 77.8 Å². The maximum absolute atomic E-state index is 12.3. The second-order valence-corrected chi connectivity index (χ2v) is 5.63. The van der Waals surface area contributed by atoms with E-state index in [1.54, 1.807) is 0 Å². The summed E-state index contributed by atoms with van der Waals surface area (Å²) in [5.41, 5.74) is 0. The van der Waals surface area contributed by atoms with Crippen molar-refractivity contribution in [2.75, 3.05) is 6.54 Å². The lowest BCUT2D eigenvalue weighted by molar-refractivity contribution is -0.127. The van der Waals surface area contributed by atoms with E-state index < -0.39 is 0 Å². The molecule has 2 N–H and O–H groups in total. The Kier molecular flexibility index (Phi) is 7.33. The van der Waals surface area contributed by atoms with Crippen LogP contribution in [0.3, 0.4) is 0 Å². The van der Waals surface area contributed by atoms with Gasteiger partial charge in [0.05, 0.1) is 5.92 Å². The molecule has 0 aliphatic carbocycles. The highest BCUT2D eigenvalue weighted by atomic mass is 16.2. The Morgan fingerprint density at radius 3 is 2.72 bits per heavy atom. The molecule has 1 fully saturated rings. The molecule has 0 aromatic carbocycles. The third-order valence-electron chi connectivity index (χ3n) is 3.99. The van der Waals surface area contributed by atoms with Crippen LogP contribution >= 0.6 is 0 Å². The predicted octanol–water partition coefficient (Wildman–Crippen LogP) is 2.85. The molecule has 3 atom stereocenters. The summed E-state index contributed by atoms with van der Waals surface area (Å²) in [5, 5.41) is 6.67. The lowest BCUT2D eigenvalue weighted by Crippen LogP contribution is -2.49. The van der Waals surface area contributed by atoms with Crippen molar-refractivity contribution in [3.63, 3.8) is 0 Å². The molecular weight excluding hydrogens is 224 g/mol. The summed E-state index contributed by atoms with van der Waals surface area (Å²) in [6.45, 7) is 7.58. The molecule has 1 heterocycles. The second kappa shape index (κ2) is 8.52. The average Bonchev–Trinajstić information content (AvgIpc) is 2.36. The zero-order valence-corrected chi connectivity index (χ0v) is 12.3. The van der Waals surface area contributed by atoms with Crippen molar-refractivity contribution in [3.05, 3.63) is 0 Å². The molecule has 1 saturated heterocycles. The number of rotatable bonds is 7. The van der Waals surface area contributed by atoms with Gasteiger partial charge in [0.25, 0.3) is 0 Å². The Balaban J connectivity index is 2.43. The zero-order valence-electron chi connectivity index (χ0n) is 12.3. The van der Waals surface area contributed by atoms with Gasteiger partial charge in [-0.05, 0) is 39.2 Å². The Bertz CT molecular complexity index is 243. The van der Waals surface area contributed by atoms with E-state index in [1.807, 2.05) is 0 Å². The van der Waals surface area contributed by atoms with Crippen molar-refractivity contribution < 1.29 is 4.79 Å². The largest absolute Gasteiger partial charge is 0.353 e. The Morgan fingerprint density at radius 2 is 2.11 bits per heavy atom. The summed E-state index contributed by atoms with van der Waals surface area (Å²) in [6.07, 6.45) is 7.96. The lowest BCUT2D eigenvalue weighted by Gasteiger charge is -2.30. The zero-order chi connectivity index (χ0) is 13.4. The molecule has 0 spiro atoms. The topological polar surface area (TPSA) is 41.1 Å². The van der Waals surface area contributed by atoms with Crippen LogP contribution in [-0.4, -0.2) is 24.5 Å². The van der Waals surface area contributed by atoms with Crippen LogP contribution in [0.25, 0.3) is 0 Å². The van der Waals surface area contributed by atoms with Gasteiger partial charge in [-0.15, -0.1) is 0 Å². The lowest BCUT2D eigenvalue weighted by atomic mass is 9.90. The molecule has 1 aliphatic rings. The van der Waals surface area contributed by atoms with Gasteiger partial charge >= 0.3 is 0 Å². The van der Waals surface area contributed by atoms with Crippen molar-refractivity contribution in [3.8, 4) is 0 Å². The minimum absolute atomic E-state index is 0.166. The Hall–Kier alpha value is -0.570. The van der Waals surface area contributed by atoms with Crippen LogP contribution in [0.1, 0.15) is 65.7 Å². The van der Waals surface area contributed by atoms with Crippen LogP contribution in [-0.2, 0) is 4.79 Å². The molecule has 18 heavy (non-hydrogen) atoms. The SMILES string of the molecule is CCCCC(CCC)NC(=O)C1CCCNC1C. The minimum Gasteiger partial charge on any atom is -0.353 e. The number of hydrogen-bond donors (Lipinski definition) is 2. The first kappa shape index (κ1) is 15.5. The Morgan fingerprint density at radius 1 is 1.33 bits per heavy atom. The number of hydrogen-bond acceptors (Lipinski definition) is 2. The maximum Gasteiger partial charge on any atom is 0.224 e. The van der Waals surface area contributed by atoms with Gasteiger partial charge in [-0.2, -0.15) is 0 Å². The van der Waals surface area contributed by atoms with Gasteiger partial charge in [-0.1, -0.05) is 33.1 Å². The summed E-state index contributed by atoms with van der Waals surface area (Å²) < 4.78 is 0. The molecule has 0 aromatic heterocycles. The first-order chi connectivity index (χ1) is 8.69. The van der Waals surface area contributed by atoms with Gasteiger partial charge < -0.3 is 10.6 Å². The summed E-state index contributed by atoms with van der Waals surface area (Å²) in [4.78, 5) is 12.3. The van der Waals surface area contributed by atoms with Gasteiger partial charge in [0, 0.05) is 12.1 Å². The van der Waals surface area contributed by atoms with Crippen LogP contribution in [0.15, 0.2) is 0 Å². The third kappa shape index (κ3) is 4.97. The van der Waals surface area contributed by atoms with E-state index in [4.69, 9.17) is 0 Å². The van der Waals surface area contributed by atoms with E-state index >= 15 is 0 Å². The first-order valence-electron chi connectivity index (χ1n) is 7.72. The maximum atomic E-state index is 12.3. The monoisotopic (exact) mass is 254 g/mol. The summed E-state index contributed by atoms with van der Waals surface area (Å²) >= 11 is 0. The van der Waals surface area contributed by atoms with E-state index in [0.29, 0.717) is 12.1 Å². The molecule has 0 aromatic rings. The summed E-state index contributed by atoms with van der Waals surface area (Å²) in [6, 6.07) is 0.712. The van der Waals surface area contributed by atoms with Crippen LogP contribution in [0.5, 0.6) is 0 Å². The highest BCUT2D eigenvalue weighted by Gasteiger charge is 2.28. The van der Waals surface area contributed by atoms with Crippen molar-refractivity contribution in [1.82, 2.24) is 10.6 Å². The normalized spacial score (nSPS) is 25.7. The van der Waals surface area contributed by atoms with Gasteiger partial charge in [0.1, 0.15) is 0 Å². The average molecular weight is 254 g/mol. The highest BCUT2D eigenvalue weighted by molar-refractivity contribution is 5.79. The number of amides is 1. The fraction of sp³-hybridized carbons (Fsp3) is 0.933. The van der Waals surface area contributed by atoms with Gasteiger partial charge in [-0.25, -0.2) is 0 Å². The quantitative estimate of drug-likeness (QED) is 0.733. The number of unbranched alkanes of at least 4 members (excludes halogenated alkanes) is 1. The summed E-state index contributed by atoms with van der Waals surface area (Å²) in [5.74, 6) is 0.434. The fourth-order valence-electron chi connectivity index (χ4n) is 2.80.